The van der Waals surface area contributed by atoms with Crippen LogP contribution in [0.2, 0.25) is 0 Å². The fourth-order valence-corrected chi connectivity index (χ4v) is 2.75. The van der Waals surface area contributed by atoms with Gasteiger partial charge in [-0.15, -0.1) is 0 Å². The first kappa shape index (κ1) is 16.7. The molecule has 0 aliphatic carbocycles. The molecule has 1 aliphatic rings. The van der Waals surface area contributed by atoms with E-state index >= 15 is 0 Å². The van der Waals surface area contributed by atoms with E-state index in [0.29, 0.717) is 24.3 Å². The Morgan fingerprint density at radius 3 is 2.50 bits per heavy atom. The molecule has 0 aromatic heterocycles. The van der Waals surface area contributed by atoms with Gasteiger partial charge in [-0.2, -0.15) is 13.2 Å². The lowest BCUT2D eigenvalue weighted by atomic mass is 9.74. The Morgan fingerprint density at radius 2 is 1.95 bits per heavy atom. The molecule has 1 aromatic carbocycles. The normalized spacial score (nSPS) is 17.6. The number of hydrogen-bond acceptors (Lipinski definition) is 3. The van der Waals surface area contributed by atoms with Crippen molar-refractivity contribution in [2.75, 3.05) is 6.61 Å². The molecule has 0 spiro atoms. The second-order valence-corrected chi connectivity index (χ2v) is 6.14. The SMILES string of the molecule is CC(C)(CC(O)(C=O)C(F)(F)F)c1cc(F)cc2c1OCC2. The van der Waals surface area contributed by atoms with E-state index in [9.17, 15) is 27.5 Å². The van der Waals surface area contributed by atoms with E-state index in [1.807, 2.05) is 0 Å². The molecule has 0 saturated heterocycles. The van der Waals surface area contributed by atoms with E-state index in [-0.39, 0.29) is 5.56 Å². The molecule has 0 fully saturated rings. The van der Waals surface area contributed by atoms with E-state index in [2.05, 4.69) is 0 Å². The lowest BCUT2D eigenvalue weighted by molar-refractivity contribution is -0.250. The molecule has 1 atom stereocenters. The van der Waals surface area contributed by atoms with Crippen LogP contribution >= 0.6 is 0 Å². The zero-order valence-corrected chi connectivity index (χ0v) is 12.1. The number of aliphatic hydroxyl groups is 1. The average molecular weight is 320 g/mol. The number of halogens is 4. The molecule has 7 heteroatoms. The Labute approximate surface area is 124 Å². The predicted octanol–water partition coefficient (Wildman–Crippen LogP) is 2.92. The highest BCUT2D eigenvalue weighted by Crippen LogP contribution is 2.45. The van der Waals surface area contributed by atoms with Gasteiger partial charge in [0.25, 0.3) is 0 Å². The molecule has 0 amide bonds. The maximum absolute atomic E-state index is 13.7. The van der Waals surface area contributed by atoms with Gasteiger partial charge in [0.05, 0.1) is 6.61 Å². The zero-order valence-electron chi connectivity index (χ0n) is 12.1. The molecule has 0 saturated carbocycles. The molecule has 0 bridgehead atoms. The van der Waals surface area contributed by atoms with Crippen molar-refractivity contribution < 1.29 is 32.2 Å². The Balaban J connectivity index is 2.46. The molecule has 3 nitrogen and oxygen atoms in total. The van der Waals surface area contributed by atoms with Crippen LogP contribution in [0.4, 0.5) is 17.6 Å². The number of ether oxygens (including phenoxy) is 1. The molecular weight excluding hydrogens is 304 g/mol. The summed E-state index contributed by atoms with van der Waals surface area (Å²) in [7, 11) is 0. The fourth-order valence-electron chi connectivity index (χ4n) is 2.75. The summed E-state index contributed by atoms with van der Waals surface area (Å²) < 4.78 is 57.8. The van der Waals surface area contributed by atoms with Gasteiger partial charge in [-0.25, -0.2) is 4.39 Å². The monoisotopic (exact) mass is 320 g/mol. The van der Waals surface area contributed by atoms with Crippen molar-refractivity contribution in [3.63, 3.8) is 0 Å². The molecule has 122 valence electrons. The molecular formula is C15H16F4O3. The van der Waals surface area contributed by atoms with Crippen LogP contribution in [0.1, 0.15) is 31.4 Å². The standard InChI is InChI=1S/C15H16F4O3/c1-13(2,7-14(21,8-20)15(17,18)19)11-6-10(16)5-9-3-4-22-12(9)11/h5-6,8,21H,3-4,7H2,1-2H3. The first-order valence-corrected chi connectivity index (χ1v) is 6.71. The Bertz CT molecular complexity index is 595. The van der Waals surface area contributed by atoms with Crippen LogP contribution in [0, 0.1) is 5.82 Å². The van der Waals surface area contributed by atoms with Gasteiger partial charge in [-0.3, -0.25) is 4.79 Å². The summed E-state index contributed by atoms with van der Waals surface area (Å²) in [5.41, 5.74) is -4.02. The third kappa shape index (κ3) is 2.82. The van der Waals surface area contributed by atoms with E-state index in [4.69, 9.17) is 4.74 Å². The Morgan fingerprint density at radius 1 is 1.32 bits per heavy atom. The summed E-state index contributed by atoms with van der Waals surface area (Å²) in [5.74, 6) is -0.254. The number of aldehydes is 1. The molecule has 0 radical (unpaired) electrons. The Hall–Kier alpha value is -1.63. The van der Waals surface area contributed by atoms with Gasteiger partial charge in [-0.05, 0) is 17.5 Å². The number of fused-ring (bicyclic) bond motifs is 1. The van der Waals surface area contributed by atoms with Gasteiger partial charge >= 0.3 is 6.18 Å². The quantitative estimate of drug-likeness (QED) is 0.685. The number of carbonyl (C=O) groups excluding carboxylic acids is 1. The fraction of sp³-hybridized carbons (Fsp3) is 0.533. The molecule has 1 unspecified atom stereocenters. The van der Waals surface area contributed by atoms with Crippen molar-refractivity contribution in [2.24, 2.45) is 0 Å². The summed E-state index contributed by atoms with van der Waals surface area (Å²) in [4.78, 5) is 10.8. The molecule has 1 heterocycles. The smallest absolute Gasteiger partial charge is 0.424 e. The maximum Gasteiger partial charge on any atom is 0.424 e. The molecule has 1 N–H and O–H groups in total. The van der Waals surface area contributed by atoms with Crippen molar-refractivity contribution >= 4 is 6.29 Å². The van der Waals surface area contributed by atoms with E-state index in [1.54, 1.807) is 0 Å². The summed E-state index contributed by atoms with van der Waals surface area (Å²) in [6.45, 7) is 3.13. The highest BCUT2D eigenvalue weighted by atomic mass is 19.4. The van der Waals surface area contributed by atoms with Crippen molar-refractivity contribution in [1.29, 1.82) is 0 Å². The van der Waals surface area contributed by atoms with Crippen molar-refractivity contribution in [2.45, 2.75) is 43.9 Å². The minimum atomic E-state index is -5.11. The number of benzene rings is 1. The summed E-state index contributed by atoms with van der Waals surface area (Å²) in [6.07, 6.45) is -6.09. The van der Waals surface area contributed by atoms with E-state index in [0.717, 1.165) is 6.07 Å². The highest BCUT2D eigenvalue weighted by Gasteiger charge is 2.56. The molecule has 2 rings (SSSR count). The van der Waals surface area contributed by atoms with Gasteiger partial charge in [0, 0.05) is 24.0 Å². The van der Waals surface area contributed by atoms with Crippen molar-refractivity contribution in [1.82, 2.24) is 0 Å². The number of carbonyl (C=O) groups is 1. The third-order valence-electron chi connectivity index (χ3n) is 3.87. The molecule has 1 aromatic rings. The van der Waals surface area contributed by atoms with Crippen LogP contribution in [0.15, 0.2) is 12.1 Å². The summed E-state index contributed by atoms with van der Waals surface area (Å²) in [6, 6.07) is 2.36. The topological polar surface area (TPSA) is 46.5 Å². The van der Waals surface area contributed by atoms with Crippen molar-refractivity contribution in [3.8, 4) is 5.75 Å². The van der Waals surface area contributed by atoms with Crippen molar-refractivity contribution in [3.05, 3.63) is 29.1 Å². The zero-order chi connectivity index (χ0) is 16.8. The number of hydrogen-bond donors (Lipinski definition) is 1. The van der Waals surface area contributed by atoms with Gasteiger partial charge in [0.1, 0.15) is 11.6 Å². The van der Waals surface area contributed by atoms with Gasteiger partial charge < -0.3 is 9.84 Å². The first-order valence-electron chi connectivity index (χ1n) is 6.71. The third-order valence-corrected chi connectivity index (χ3v) is 3.87. The van der Waals surface area contributed by atoms with Crippen LogP contribution in [0.5, 0.6) is 5.75 Å². The number of alkyl halides is 3. The van der Waals surface area contributed by atoms with Gasteiger partial charge in [-0.1, -0.05) is 13.8 Å². The van der Waals surface area contributed by atoms with Crippen LogP contribution in [-0.2, 0) is 16.6 Å². The minimum absolute atomic E-state index is 0.213. The second-order valence-electron chi connectivity index (χ2n) is 6.14. The second kappa shape index (κ2) is 5.22. The van der Waals surface area contributed by atoms with E-state index < -0.39 is 35.7 Å². The summed E-state index contributed by atoms with van der Waals surface area (Å²) in [5, 5.41) is 9.64. The predicted molar refractivity (Wildman–Crippen MR) is 70.3 cm³/mol. The average Bonchev–Trinajstić information content (AvgIpc) is 2.83. The Kier molecular flexibility index (Phi) is 3.97. The van der Waals surface area contributed by atoms with E-state index in [1.165, 1.54) is 19.9 Å². The minimum Gasteiger partial charge on any atom is -0.493 e. The molecule has 22 heavy (non-hydrogen) atoms. The van der Waals surface area contributed by atoms with Crippen LogP contribution < -0.4 is 4.74 Å². The number of rotatable bonds is 4. The lowest BCUT2D eigenvalue weighted by Crippen LogP contribution is -2.50. The van der Waals surface area contributed by atoms with Gasteiger partial charge in [0.2, 0.25) is 5.60 Å². The first-order chi connectivity index (χ1) is 10.00. The maximum atomic E-state index is 13.7. The lowest BCUT2D eigenvalue weighted by Gasteiger charge is -2.35. The molecule has 1 aliphatic heterocycles. The summed E-state index contributed by atoms with van der Waals surface area (Å²) >= 11 is 0. The van der Waals surface area contributed by atoms with Gasteiger partial charge in [0.15, 0.2) is 6.29 Å². The van der Waals surface area contributed by atoms with Crippen LogP contribution in [0.25, 0.3) is 0 Å². The largest absolute Gasteiger partial charge is 0.493 e. The van der Waals surface area contributed by atoms with Crippen LogP contribution in [0.3, 0.4) is 0 Å². The highest BCUT2D eigenvalue weighted by molar-refractivity contribution is 5.64. The van der Waals surface area contributed by atoms with Crippen LogP contribution in [-0.4, -0.2) is 29.8 Å².